The van der Waals surface area contributed by atoms with E-state index < -0.39 is 0 Å². The maximum absolute atomic E-state index is 11.7. The van der Waals surface area contributed by atoms with E-state index >= 15 is 0 Å². The molecule has 0 radical (unpaired) electrons. The molecule has 2 rings (SSSR count). The quantitative estimate of drug-likeness (QED) is 0.895. The van der Waals surface area contributed by atoms with Gasteiger partial charge in [-0.3, -0.25) is 4.79 Å². The van der Waals surface area contributed by atoms with Crippen LogP contribution in [0.4, 0.5) is 5.69 Å². The Morgan fingerprint density at radius 2 is 2.06 bits per heavy atom. The zero-order chi connectivity index (χ0) is 13.0. The molecule has 0 saturated heterocycles. The van der Waals surface area contributed by atoms with Crippen molar-refractivity contribution in [3.8, 4) is 0 Å². The van der Waals surface area contributed by atoms with Gasteiger partial charge in [0.1, 0.15) is 0 Å². The Bertz CT molecular complexity index is 531. The minimum atomic E-state index is -0.153. The molecule has 5 nitrogen and oxygen atoms in total. The molecule has 0 aliphatic rings. The number of hydrogen-bond acceptors (Lipinski definition) is 4. The molecule has 0 saturated carbocycles. The Kier molecular flexibility index (Phi) is 3.72. The van der Waals surface area contributed by atoms with E-state index in [-0.39, 0.29) is 12.3 Å². The average molecular weight is 245 g/mol. The van der Waals surface area contributed by atoms with Crippen LogP contribution in [0.15, 0.2) is 28.8 Å². The molecular formula is C13H15N3O2. The summed E-state index contributed by atoms with van der Waals surface area (Å²) in [5, 5.41) is 6.47. The van der Waals surface area contributed by atoms with Gasteiger partial charge >= 0.3 is 0 Å². The van der Waals surface area contributed by atoms with Crippen molar-refractivity contribution in [2.24, 2.45) is 0 Å². The summed E-state index contributed by atoms with van der Waals surface area (Å²) in [6.07, 6.45) is 1.10. The van der Waals surface area contributed by atoms with Crippen molar-refractivity contribution in [2.75, 3.05) is 5.32 Å². The summed E-state index contributed by atoms with van der Waals surface area (Å²) in [4.78, 5) is 15.7. The molecule has 94 valence electrons. The lowest BCUT2D eigenvalue weighted by molar-refractivity contribution is -0.115. The third kappa shape index (κ3) is 3.16. The Labute approximate surface area is 105 Å². The van der Waals surface area contributed by atoms with Crippen LogP contribution in [-0.2, 0) is 17.6 Å². The van der Waals surface area contributed by atoms with Gasteiger partial charge in [0.2, 0.25) is 11.8 Å². The third-order valence-electron chi connectivity index (χ3n) is 2.53. The number of nitrogens with one attached hydrogen (secondary N) is 1. The summed E-state index contributed by atoms with van der Waals surface area (Å²) < 4.78 is 4.80. The van der Waals surface area contributed by atoms with E-state index in [2.05, 4.69) is 22.4 Å². The van der Waals surface area contributed by atoms with Crippen molar-refractivity contribution in [1.82, 2.24) is 10.1 Å². The van der Waals surface area contributed by atoms with Crippen LogP contribution in [0.3, 0.4) is 0 Å². The molecule has 0 spiro atoms. The highest BCUT2D eigenvalue weighted by Crippen LogP contribution is 2.10. The van der Waals surface area contributed by atoms with Crippen molar-refractivity contribution >= 4 is 11.6 Å². The summed E-state index contributed by atoms with van der Waals surface area (Å²) in [6, 6.07) is 7.76. The van der Waals surface area contributed by atoms with Crippen molar-refractivity contribution in [3.05, 3.63) is 41.5 Å². The van der Waals surface area contributed by atoms with Crippen molar-refractivity contribution in [2.45, 2.75) is 26.7 Å². The predicted molar refractivity (Wildman–Crippen MR) is 67.2 cm³/mol. The van der Waals surface area contributed by atoms with Crippen LogP contribution in [0.5, 0.6) is 0 Å². The number of hydrogen-bond donors (Lipinski definition) is 1. The minimum Gasteiger partial charge on any atom is -0.340 e. The second-order valence-corrected chi connectivity index (χ2v) is 4.01. The molecule has 0 atom stereocenters. The molecule has 1 aromatic carbocycles. The first-order chi connectivity index (χ1) is 8.67. The molecule has 1 amide bonds. The fourth-order valence-corrected chi connectivity index (χ4v) is 1.59. The van der Waals surface area contributed by atoms with E-state index in [1.807, 2.05) is 24.3 Å². The van der Waals surface area contributed by atoms with Gasteiger partial charge in [-0.05, 0) is 24.1 Å². The third-order valence-corrected chi connectivity index (χ3v) is 2.53. The lowest BCUT2D eigenvalue weighted by Gasteiger charge is -2.04. The molecule has 0 aliphatic heterocycles. The van der Waals surface area contributed by atoms with E-state index in [4.69, 9.17) is 4.52 Å². The van der Waals surface area contributed by atoms with Crippen LogP contribution in [0, 0.1) is 6.92 Å². The van der Waals surface area contributed by atoms with Gasteiger partial charge in [0.05, 0.1) is 6.42 Å². The number of benzene rings is 1. The number of aryl methyl sites for hydroxylation is 2. The number of nitrogens with zero attached hydrogens (tertiary/aromatic N) is 2. The molecule has 1 aromatic heterocycles. The van der Waals surface area contributed by atoms with Gasteiger partial charge in [-0.15, -0.1) is 0 Å². The largest absolute Gasteiger partial charge is 0.340 e. The highest BCUT2D eigenvalue weighted by Gasteiger charge is 2.09. The normalized spacial score (nSPS) is 10.3. The molecule has 1 heterocycles. The zero-order valence-electron chi connectivity index (χ0n) is 10.4. The first kappa shape index (κ1) is 12.3. The summed E-state index contributed by atoms with van der Waals surface area (Å²) in [6.45, 7) is 3.78. The van der Waals surface area contributed by atoms with Crippen LogP contribution in [0.25, 0.3) is 0 Å². The Hall–Kier alpha value is -2.17. The zero-order valence-corrected chi connectivity index (χ0v) is 10.4. The monoisotopic (exact) mass is 245 g/mol. The van der Waals surface area contributed by atoms with Crippen LogP contribution in [0.2, 0.25) is 0 Å². The number of amides is 1. The number of carbonyl (C=O) groups excluding carboxylic acids is 1. The second kappa shape index (κ2) is 5.44. The van der Waals surface area contributed by atoms with Gasteiger partial charge < -0.3 is 9.84 Å². The van der Waals surface area contributed by atoms with E-state index in [0.717, 1.165) is 12.1 Å². The molecule has 1 N–H and O–H groups in total. The Morgan fingerprint density at radius 3 is 2.61 bits per heavy atom. The SMILES string of the molecule is CCc1ccc(NC(=O)Cc2noc(C)n2)cc1. The highest BCUT2D eigenvalue weighted by molar-refractivity contribution is 5.91. The summed E-state index contributed by atoms with van der Waals surface area (Å²) in [7, 11) is 0. The lowest BCUT2D eigenvalue weighted by Crippen LogP contribution is -2.15. The summed E-state index contributed by atoms with van der Waals surface area (Å²) in [5.41, 5.74) is 2.01. The van der Waals surface area contributed by atoms with E-state index in [1.54, 1.807) is 6.92 Å². The standard InChI is InChI=1S/C13H15N3O2/c1-3-10-4-6-11(7-5-10)15-13(17)8-12-14-9(2)18-16-12/h4-7H,3,8H2,1-2H3,(H,15,17). The first-order valence-electron chi connectivity index (χ1n) is 5.85. The Balaban J connectivity index is 1.94. The van der Waals surface area contributed by atoms with Gasteiger partial charge in [0, 0.05) is 12.6 Å². The maximum Gasteiger partial charge on any atom is 0.232 e. The van der Waals surface area contributed by atoms with Gasteiger partial charge in [-0.1, -0.05) is 24.2 Å². The van der Waals surface area contributed by atoms with Crippen LogP contribution < -0.4 is 5.32 Å². The van der Waals surface area contributed by atoms with Crippen molar-refractivity contribution < 1.29 is 9.32 Å². The number of rotatable bonds is 4. The average Bonchev–Trinajstić information content (AvgIpc) is 2.75. The number of aromatic nitrogens is 2. The van der Waals surface area contributed by atoms with E-state index in [9.17, 15) is 4.79 Å². The number of anilines is 1. The first-order valence-corrected chi connectivity index (χ1v) is 5.85. The smallest absolute Gasteiger partial charge is 0.232 e. The number of carbonyl (C=O) groups is 1. The molecule has 0 fully saturated rings. The molecule has 0 unspecified atom stereocenters. The fraction of sp³-hybridized carbons (Fsp3) is 0.308. The molecular weight excluding hydrogens is 230 g/mol. The minimum absolute atomic E-state index is 0.118. The molecule has 0 bridgehead atoms. The lowest BCUT2D eigenvalue weighted by atomic mass is 10.1. The molecule has 18 heavy (non-hydrogen) atoms. The van der Waals surface area contributed by atoms with Crippen LogP contribution >= 0.6 is 0 Å². The summed E-state index contributed by atoms with van der Waals surface area (Å²) >= 11 is 0. The molecule has 5 heteroatoms. The second-order valence-electron chi connectivity index (χ2n) is 4.01. The maximum atomic E-state index is 11.7. The van der Waals surface area contributed by atoms with E-state index in [0.29, 0.717) is 11.7 Å². The van der Waals surface area contributed by atoms with Crippen LogP contribution in [-0.4, -0.2) is 16.0 Å². The van der Waals surface area contributed by atoms with Gasteiger partial charge in [0.15, 0.2) is 5.82 Å². The molecule has 0 aliphatic carbocycles. The summed E-state index contributed by atoms with van der Waals surface area (Å²) in [5.74, 6) is 0.709. The fourth-order valence-electron chi connectivity index (χ4n) is 1.59. The van der Waals surface area contributed by atoms with Crippen molar-refractivity contribution in [3.63, 3.8) is 0 Å². The highest BCUT2D eigenvalue weighted by atomic mass is 16.5. The van der Waals surface area contributed by atoms with Gasteiger partial charge in [0.25, 0.3) is 0 Å². The Morgan fingerprint density at radius 1 is 1.33 bits per heavy atom. The van der Waals surface area contributed by atoms with Crippen LogP contribution in [0.1, 0.15) is 24.2 Å². The van der Waals surface area contributed by atoms with Gasteiger partial charge in [-0.25, -0.2) is 0 Å². The predicted octanol–water partition coefficient (Wildman–Crippen LogP) is 2.12. The van der Waals surface area contributed by atoms with Crippen molar-refractivity contribution in [1.29, 1.82) is 0 Å². The topological polar surface area (TPSA) is 68.0 Å². The van der Waals surface area contributed by atoms with E-state index in [1.165, 1.54) is 5.56 Å². The van der Waals surface area contributed by atoms with Gasteiger partial charge in [-0.2, -0.15) is 4.98 Å². The molecule has 2 aromatic rings.